The minimum Gasteiger partial charge on any atom is -0.337 e. The lowest BCUT2D eigenvalue weighted by atomic mass is 10.6. The van der Waals surface area contributed by atoms with Gasteiger partial charge >= 0.3 is 6.03 Å². The average molecular weight is 211 g/mol. The summed E-state index contributed by atoms with van der Waals surface area (Å²) >= 11 is 6.78. The Morgan fingerprint density at radius 3 is 2.67 bits per heavy atom. The Hall–Kier alpha value is -0.420. The molecule has 4 nitrogen and oxygen atoms in total. The Kier molecular flexibility index (Phi) is 6.99. The maximum Gasteiger partial charge on any atom is 0.321 e. The summed E-state index contributed by atoms with van der Waals surface area (Å²) in [4.78, 5) is 21.3. The molecular formula is C6H11ClN2O2S. The summed E-state index contributed by atoms with van der Waals surface area (Å²) in [5.41, 5.74) is 0. The second-order valence-electron chi connectivity index (χ2n) is 1.93. The van der Waals surface area contributed by atoms with Gasteiger partial charge in [-0.1, -0.05) is 0 Å². The molecule has 0 saturated carbocycles. The molecule has 0 heterocycles. The molecule has 0 aromatic heterocycles. The molecule has 0 spiro atoms. The first-order chi connectivity index (χ1) is 5.70. The summed E-state index contributed by atoms with van der Waals surface area (Å²) in [5, 5.41) is 4.56. The molecule has 0 aliphatic heterocycles. The van der Waals surface area contributed by atoms with E-state index in [1.54, 1.807) is 11.8 Å². The van der Waals surface area contributed by atoms with Crippen molar-refractivity contribution in [1.29, 1.82) is 0 Å². The summed E-state index contributed by atoms with van der Waals surface area (Å²) in [5.74, 6) is 0.136. The molecule has 0 aliphatic carbocycles. The van der Waals surface area contributed by atoms with E-state index in [-0.39, 0.29) is 5.88 Å². The molecular weight excluding hydrogens is 200 g/mol. The van der Waals surface area contributed by atoms with Crippen LogP contribution in [0.4, 0.5) is 4.79 Å². The van der Waals surface area contributed by atoms with Gasteiger partial charge in [-0.15, -0.1) is 11.6 Å². The number of halogens is 1. The normalized spacial score (nSPS) is 9.17. The number of nitrogens with one attached hydrogen (secondary N) is 2. The number of urea groups is 1. The summed E-state index contributed by atoms with van der Waals surface area (Å²) in [6, 6.07) is -0.491. The van der Waals surface area contributed by atoms with E-state index in [9.17, 15) is 9.59 Å². The van der Waals surface area contributed by atoms with Crippen molar-refractivity contribution in [2.24, 2.45) is 0 Å². The van der Waals surface area contributed by atoms with Crippen LogP contribution in [0.2, 0.25) is 0 Å². The van der Waals surface area contributed by atoms with Crippen molar-refractivity contribution in [3.8, 4) is 0 Å². The van der Waals surface area contributed by atoms with E-state index >= 15 is 0 Å². The van der Waals surface area contributed by atoms with Crippen LogP contribution in [0.25, 0.3) is 0 Å². The van der Waals surface area contributed by atoms with Gasteiger partial charge in [0, 0.05) is 12.3 Å². The molecule has 0 radical (unpaired) electrons. The lowest BCUT2D eigenvalue weighted by Gasteiger charge is -2.03. The molecule has 2 N–H and O–H groups in total. The molecule has 0 bridgehead atoms. The van der Waals surface area contributed by atoms with Crippen LogP contribution >= 0.6 is 23.4 Å². The number of hydrogen-bond donors (Lipinski definition) is 2. The van der Waals surface area contributed by atoms with Crippen LogP contribution in [0.5, 0.6) is 0 Å². The van der Waals surface area contributed by atoms with Gasteiger partial charge in [0.1, 0.15) is 5.88 Å². The van der Waals surface area contributed by atoms with Crippen molar-refractivity contribution >= 4 is 35.3 Å². The summed E-state index contributed by atoms with van der Waals surface area (Å²) in [6.07, 6.45) is 1.93. The number of alkyl halides is 1. The molecule has 12 heavy (non-hydrogen) atoms. The van der Waals surface area contributed by atoms with Crippen LogP contribution in [0.3, 0.4) is 0 Å². The Morgan fingerprint density at radius 1 is 1.50 bits per heavy atom. The molecule has 3 amide bonds. The first kappa shape index (κ1) is 11.6. The van der Waals surface area contributed by atoms with Crippen LogP contribution in [-0.4, -0.2) is 36.4 Å². The highest BCUT2D eigenvalue weighted by atomic mass is 35.5. The topological polar surface area (TPSA) is 58.2 Å². The third-order valence-corrected chi connectivity index (χ3v) is 1.82. The van der Waals surface area contributed by atoms with Crippen molar-refractivity contribution in [2.75, 3.05) is 24.4 Å². The van der Waals surface area contributed by atoms with Gasteiger partial charge in [-0.25, -0.2) is 4.79 Å². The summed E-state index contributed by atoms with van der Waals surface area (Å²) < 4.78 is 0. The van der Waals surface area contributed by atoms with E-state index in [2.05, 4.69) is 10.6 Å². The van der Waals surface area contributed by atoms with E-state index in [4.69, 9.17) is 11.6 Å². The van der Waals surface area contributed by atoms with Gasteiger partial charge in [0.15, 0.2) is 0 Å². The zero-order valence-electron chi connectivity index (χ0n) is 6.72. The largest absolute Gasteiger partial charge is 0.337 e. The summed E-state index contributed by atoms with van der Waals surface area (Å²) in [6.45, 7) is 0.544. The Labute approximate surface area is 80.4 Å². The lowest BCUT2D eigenvalue weighted by Crippen LogP contribution is -2.40. The molecule has 0 unspecified atom stereocenters. The number of carbonyl (C=O) groups is 2. The van der Waals surface area contributed by atoms with Gasteiger partial charge in [-0.2, -0.15) is 11.8 Å². The monoisotopic (exact) mass is 210 g/mol. The number of thioether (sulfide) groups is 1. The number of carbonyl (C=O) groups excluding carboxylic acids is 2. The standard InChI is InChI=1S/C6H11ClN2O2S/c1-12-3-2-8-6(11)9-5(10)4-7/h2-4H2,1H3,(H2,8,9,10,11). The van der Waals surface area contributed by atoms with Crippen molar-refractivity contribution in [1.82, 2.24) is 10.6 Å². The molecule has 70 valence electrons. The fraction of sp³-hybridized carbons (Fsp3) is 0.667. The zero-order chi connectivity index (χ0) is 9.40. The van der Waals surface area contributed by atoms with Crippen LogP contribution < -0.4 is 10.6 Å². The van der Waals surface area contributed by atoms with Gasteiger partial charge in [-0.3, -0.25) is 10.1 Å². The minimum absolute atomic E-state index is 0.198. The van der Waals surface area contributed by atoms with Gasteiger partial charge in [0.05, 0.1) is 0 Å². The molecule has 0 aromatic rings. The van der Waals surface area contributed by atoms with Crippen LogP contribution in [0.15, 0.2) is 0 Å². The van der Waals surface area contributed by atoms with E-state index < -0.39 is 11.9 Å². The molecule has 6 heteroatoms. The van der Waals surface area contributed by atoms with E-state index in [0.29, 0.717) is 6.54 Å². The Morgan fingerprint density at radius 2 is 2.17 bits per heavy atom. The van der Waals surface area contributed by atoms with Gasteiger partial charge < -0.3 is 5.32 Å². The Balaban J connectivity index is 3.40. The highest BCUT2D eigenvalue weighted by Crippen LogP contribution is 1.86. The van der Waals surface area contributed by atoms with Crippen LogP contribution in [0, 0.1) is 0 Å². The second kappa shape index (κ2) is 7.24. The SMILES string of the molecule is CSCCNC(=O)NC(=O)CCl. The smallest absolute Gasteiger partial charge is 0.321 e. The zero-order valence-corrected chi connectivity index (χ0v) is 8.30. The van der Waals surface area contributed by atoms with E-state index in [1.807, 2.05) is 6.26 Å². The second-order valence-corrected chi connectivity index (χ2v) is 3.18. The lowest BCUT2D eigenvalue weighted by molar-refractivity contribution is -0.117. The quantitative estimate of drug-likeness (QED) is 0.522. The van der Waals surface area contributed by atoms with Crippen molar-refractivity contribution in [3.05, 3.63) is 0 Å². The number of amides is 3. The van der Waals surface area contributed by atoms with E-state index in [1.165, 1.54) is 0 Å². The van der Waals surface area contributed by atoms with Gasteiger partial charge in [0.2, 0.25) is 5.91 Å². The molecule has 0 atom stereocenters. The predicted octanol–water partition coefficient (Wildman–Crippen LogP) is 0.414. The maximum atomic E-state index is 10.8. The predicted molar refractivity (Wildman–Crippen MR) is 50.6 cm³/mol. The third-order valence-electron chi connectivity index (χ3n) is 0.966. The molecule has 0 aliphatic rings. The van der Waals surface area contributed by atoms with Crippen LogP contribution in [-0.2, 0) is 4.79 Å². The minimum atomic E-state index is -0.491. The highest BCUT2D eigenvalue weighted by Gasteiger charge is 2.03. The van der Waals surface area contributed by atoms with Crippen molar-refractivity contribution in [2.45, 2.75) is 0 Å². The third kappa shape index (κ3) is 6.30. The summed E-state index contributed by atoms with van der Waals surface area (Å²) in [7, 11) is 0. The maximum absolute atomic E-state index is 10.8. The number of rotatable bonds is 4. The Bertz CT molecular complexity index is 166. The van der Waals surface area contributed by atoms with E-state index in [0.717, 1.165) is 5.75 Å². The molecule has 0 fully saturated rings. The van der Waals surface area contributed by atoms with Gasteiger partial charge in [0.25, 0.3) is 0 Å². The highest BCUT2D eigenvalue weighted by molar-refractivity contribution is 7.98. The first-order valence-electron chi connectivity index (χ1n) is 3.33. The number of hydrogen-bond acceptors (Lipinski definition) is 3. The van der Waals surface area contributed by atoms with Crippen molar-refractivity contribution < 1.29 is 9.59 Å². The molecule has 0 saturated heterocycles. The molecule has 0 aromatic carbocycles. The van der Waals surface area contributed by atoms with Gasteiger partial charge in [-0.05, 0) is 6.26 Å². The molecule has 0 rings (SSSR count). The first-order valence-corrected chi connectivity index (χ1v) is 5.26. The fourth-order valence-electron chi connectivity index (χ4n) is 0.471. The number of imide groups is 1. The van der Waals surface area contributed by atoms with Crippen molar-refractivity contribution in [3.63, 3.8) is 0 Å². The average Bonchev–Trinajstić information content (AvgIpc) is 2.05. The van der Waals surface area contributed by atoms with Crippen LogP contribution in [0.1, 0.15) is 0 Å². The fourth-order valence-corrected chi connectivity index (χ4v) is 0.844.